The van der Waals surface area contributed by atoms with E-state index in [0.717, 1.165) is 24.3 Å². The van der Waals surface area contributed by atoms with Crippen LogP contribution in [0.1, 0.15) is 39.1 Å². The quantitative estimate of drug-likeness (QED) is 0.260. The van der Waals surface area contributed by atoms with Crippen molar-refractivity contribution in [2.45, 2.75) is 18.4 Å². The van der Waals surface area contributed by atoms with Crippen molar-refractivity contribution in [1.29, 1.82) is 0 Å². The number of aromatic carboxylic acids is 1. The molecule has 11 heteroatoms. The molecule has 9 N–H and O–H groups in total. The Morgan fingerprint density at radius 2 is 1.39 bits per heavy atom. The van der Waals surface area contributed by atoms with E-state index in [1.807, 2.05) is 0 Å². The number of phenolic OH excluding ortho intramolecular Hbond substituents is 7. The zero-order valence-electron chi connectivity index (χ0n) is 16.6. The summed E-state index contributed by atoms with van der Waals surface area (Å²) in [7, 11) is 0. The van der Waals surface area contributed by atoms with Gasteiger partial charge in [0.25, 0.3) is 0 Å². The molecule has 0 fully saturated rings. The highest BCUT2D eigenvalue weighted by Gasteiger charge is 2.38. The van der Waals surface area contributed by atoms with Crippen molar-refractivity contribution in [2.24, 2.45) is 0 Å². The fourth-order valence-corrected chi connectivity index (χ4v) is 3.95. The third-order valence-corrected chi connectivity index (χ3v) is 5.54. The van der Waals surface area contributed by atoms with Crippen molar-refractivity contribution < 1.29 is 55.5 Å². The van der Waals surface area contributed by atoms with Gasteiger partial charge in [-0.1, -0.05) is 0 Å². The molecule has 1 unspecified atom stereocenters. The number of carboxylic acids is 1. The minimum Gasteiger partial charge on any atom is -0.508 e. The molecular formula is C22H18O11. The van der Waals surface area contributed by atoms with E-state index < -0.39 is 58.1 Å². The van der Waals surface area contributed by atoms with E-state index in [1.165, 1.54) is 6.07 Å². The molecule has 11 nitrogen and oxygen atoms in total. The topological polar surface area (TPSA) is 208 Å². The third kappa shape index (κ3) is 3.45. The Balaban J connectivity index is 1.97. The normalized spacial score (nSPS) is 17.2. The Morgan fingerprint density at radius 1 is 0.758 bits per heavy atom. The highest BCUT2D eigenvalue weighted by Crippen LogP contribution is 2.53. The minimum atomic E-state index is -1.59. The van der Waals surface area contributed by atoms with Gasteiger partial charge in [0.2, 0.25) is 5.75 Å². The van der Waals surface area contributed by atoms with Gasteiger partial charge in [0.05, 0.1) is 0 Å². The van der Waals surface area contributed by atoms with Gasteiger partial charge in [0.1, 0.15) is 28.9 Å². The van der Waals surface area contributed by atoms with Gasteiger partial charge in [-0.25, -0.2) is 4.79 Å². The van der Waals surface area contributed by atoms with Crippen LogP contribution in [0.3, 0.4) is 0 Å². The average molecular weight is 458 g/mol. The average Bonchev–Trinajstić information content (AvgIpc) is 2.74. The molecule has 0 aliphatic carbocycles. The second kappa shape index (κ2) is 7.48. The highest BCUT2D eigenvalue weighted by molar-refractivity contribution is 5.93. The van der Waals surface area contributed by atoms with E-state index >= 15 is 0 Å². The maximum absolute atomic E-state index is 11.5. The van der Waals surface area contributed by atoms with E-state index in [4.69, 9.17) is 4.74 Å². The molecule has 172 valence electrons. The molecule has 1 heterocycles. The zero-order chi connectivity index (χ0) is 24.2. The number of phenols is 8. The van der Waals surface area contributed by atoms with Crippen molar-refractivity contribution in [1.82, 2.24) is 0 Å². The number of aromatic hydroxyl groups is 8. The van der Waals surface area contributed by atoms with Crippen LogP contribution in [0.2, 0.25) is 0 Å². The van der Waals surface area contributed by atoms with E-state index in [9.17, 15) is 50.8 Å². The van der Waals surface area contributed by atoms with Crippen LogP contribution in [0.15, 0.2) is 30.3 Å². The largest absolute Gasteiger partial charge is 0.508 e. The smallest absolute Gasteiger partial charge is 0.339 e. The summed E-state index contributed by atoms with van der Waals surface area (Å²) in [6.45, 7) is 0. The van der Waals surface area contributed by atoms with Crippen LogP contribution in [0, 0.1) is 0 Å². The van der Waals surface area contributed by atoms with Gasteiger partial charge in [-0.15, -0.1) is 0 Å². The molecule has 1 aliphatic heterocycles. The van der Waals surface area contributed by atoms with Crippen LogP contribution < -0.4 is 4.74 Å². The van der Waals surface area contributed by atoms with Crippen molar-refractivity contribution in [3.63, 3.8) is 0 Å². The molecule has 0 saturated heterocycles. The van der Waals surface area contributed by atoms with E-state index in [-0.39, 0.29) is 40.4 Å². The fourth-order valence-electron chi connectivity index (χ4n) is 3.95. The van der Waals surface area contributed by atoms with Crippen LogP contribution >= 0.6 is 0 Å². The first-order chi connectivity index (χ1) is 15.5. The van der Waals surface area contributed by atoms with Gasteiger partial charge in [-0.05, 0) is 24.6 Å². The van der Waals surface area contributed by atoms with Crippen molar-refractivity contribution in [3.8, 4) is 51.7 Å². The van der Waals surface area contributed by atoms with Gasteiger partial charge < -0.3 is 50.7 Å². The number of fused-ring (bicyclic) bond motifs is 1. The molecule has 0 bridgehead atoms. The van der Waals surface area contributed by atoms with Crippen LogP contribution in [-0.4, -0.2) is 51.9 Å². The van der Waals surface area contributed by atoms with E-state index in [0.29, 0.717) is 0 Å². The Kier molecular flexibility index (Phi) is 4.89. The van der Waals surface area contributed by atoms with Gasteiger partial charge in [-0.2, -0.15) is 0 Å². The predicted molar refractivity (Wildman–Crippen MR) is 109 cm³/mol. The lowest BCUT2D eigenvalue weighted by Crippen LogP contribution is -2.25. The van der Waals surface area contributed by atoms with Crippen molar-refractivity contribution in [3.05, 3.63) is 52.6 Å². The Bertz CT molecular complexity index is 1280. The van der Waals surface area contributed by atoms with Crippen LogP contribution in [0.4, 0.5) is 0 Å². The second-order valence-electron chi connectivity index (χ2n) is 7.56. The molecule has 1 aliphatic rings. The number of rotatable bonds is 3. The minimum absolute atomic E-state index is 0.0294. The van der Waals surface area contributed by atoms with E-state index in [2.05, 4.69) is 0 Å². The number of carboxylic acid groups (broad SMARTS) is 1. The molecule has 4 rings (SSSR count). The summed E-state index contributed by atoms with van der Waals surface area (Å²) in [5, 5.41) is 89.6. The molecule has 3 aromatic rings. The summed E-state index contributed by atoms with van der Waals surface area (Å²) in [5.74, 6) is -8.44. The highest BCUT2D eigenvalue weighted by atomic mass is 16.5. The van der Waals surface area contributed by atoms with Gasteiger partial charge >= 0.3 is 5.97 Å². The molecule has 0 saturated carbocycles. The van der Waals surface area contributed by atoms with Crippen LogP contribution in [-0.2, 0) is 6.42 Å². The fraction of sp³-hybridized carbons (Fsp3) is 0.136. The van der Waals surface area contributed by atoms with Crippen LogP contribution in [0.5, 0.6) is 51.7 Å². The van der Waals surface area contributed by atoms with Gasteiger partial charge in [0, 0.05) is 34.7 Å². The number of ether oxygens (including phenoxy) is 1. The first-order valence-corrected chi connectivity index (χ1v) is 9.47. The number of benzene rings is 3. The Hall–Kier alpha value is -4.67. The first kappa shape index (κ1) is 21.6. The predicted octanol–water partition coefficient (Wildman–Crippen LogP) is 2.49. The summed E-state index contributed by atoms with van der Waals surface area (Å²) in [5.41, 5.74) is -0.635. The SMILES string of the molecule is O=C(O)c1cc(C2Cc3c(O)cc(O)cc3O[C@H]2c2cc(O)c(O)c(O)c2)c(O)c(O)c1O. The maximum atomic E-state index is 11.5. The van der Waals surface area contributed by atoms with Crippen LogP contribution in [0.25, 0.3) is 0 Å². The third-order valence-electron chi connectivity index (χ3n) is 5.54. The summed E-state index contributed by atoms with van der Waals surface area (Å²) in [6.07, 6.45) is -1.31. The zero-order valence-corrected chi connectivity index (χ0v) is 16.6. The summed E-state index contributed by atoms with van der Waals surface area (Å²) in [6, 6.07) is 5.31. The molecule has 0 aromatic heterocycles. The molecule has 33 heavy (non-hydrogen) atoms. The molecule has 2 atom stereocenters. The van der Waals surface area contributed by atoms with Crippen molar-refractivity contribution >= 4 is 5.97 Å². The molecule has 0 amide bonds. The molecule has 3 aromatic carbocycles. The lowest BCUT2D eigenvalue weighted by molar-refractivity contribution is 0.0692. The van der Waals surface area contributed by atoms with Crippen molar-refractivity contribution in [2.75, 3.05) is 0 Å². The Labute approximate surface area is 184 Å². The number of hydrogen-bond donors (Lipinski definition) is 9. The summed E-state index contributed by atoms with van der Waals surface area (Å²) in [4.78, 5) is 11.5. The lowest BCUT2D eigenvalue weighted by atomic mass is 9.80. The molecule has 0 radical (unpaired) electrons. The first-order valence-electron chi connectivity index (χ1n) is 9.47. The van der Waals surface area contributed by atoms with Gasteiger partial charge in [0.15, 0.2) is 28.7 Å². The summed E-state index contributed by atoms with van der Waals surface area (Å²) < 4.78 is 5.90. The molecule has 0 spiro atoms. The monoisotopic (exact) mass is 458 g/mol. The summed E-state index contributed by atoms with van der Waals surface area (Å²) >= 11 is 0. The number of carbonyl (C=O) groups is 1. The lowest BCUT2D eigenvalue weighted by Gasteiger charge is -2.35. The van der Waals surface area contributed by atoms with E-state index in [1.54, 1.807) is 0 Å². The molecular weight excluding hydrogens is 440 g/mol. The van der Waals surface area contributed by atoms with Gasteiger partial charge in [-0.3, -0.25) is 0 Å². The Morgan fingerprint density at radius 3 is 2.00 bits per heavy atom. The standard InChI is InChI=1S/C22H18O11/c23-8-3-13(24)11-6-10(9-5-12(22(31)32)18(28)20(30)17(9)27)21(33-16(11)4-8)7-1-14(25)19(29)15(26)2-7/h1-5,10,21,23-30H,6H2,(H,31,32)/t10?,21-/m0/s1. The maximum Gasteiger partial charge on any atom is 0.339 e. The second-order valence-corrected chi connectivity index (χ2v) is 7.56. The number of hydrogen-bond acceptors (Lipinski definition) is 10.